The molecule has 0 aliphatic heterocycles. The van der Waals surface area contributed by atoms with E-state index in [1.807, 2.05) is 24.3 Å². The van der Waals surface area contributed by atoms with Crippen LogP contribution in [-0.4, -0.2) is 9.91 Å². The number of non-ortho nitro benzene ring substituents is 1. The van der Waals surface area contributed by atoms with Gasteiger partial charge in [-0.05, 0) is 30.0 Å². The first-order valence-corrected chi connectivity index (χ1v) is 6.61. The Balaban J connectivity index is 2.02. The number of H-pyrrole nitrogens is 1. The first-order valence-electron chi connectivity index (χ1n) is 6.61. The molecule has 0 bridgehead atoms. The van der Waals surface area contributed by atoms with Gasteiger partial charge in [0.2, 0.25) is 0 Å². The second kappa shape index (κ2) is 3.93. The lowest BCUT2D eigenvalue weighted by atomic mass is 9.89. The van der Waals surface area contributed by atoms with Crippen LogP contribution in [-0.2, 0) is 12.8 Å². The van der Waals surface area contributed by atoms with Gasteiger partial charge in [0, 0.05) is 28.6 Å². The molecule has 0 spiro atoms. The molecular weight excluding hydrogens is 252 g/mol. The largest absolute Gasteiger partial charge is 0.354 e. The zero-order valence-corrected chi connectivity index (χ0v) is 10.7. The standard InChI is InChI=1S/C16H12N2O2/c19-18(20)11-7-5-10-6-8-13-12-3-1-2-4-15(12)17-16(13)14(10)9-11/h1-5,7,9,17H,6,8H2. The summed E-state index contributed by atoms with van der Waals surface area (Å²) in [5, 5.41) is 12.2. The van der Waals surface area contributed by atoms with Gasteiger partial charge in [0.05, 0.1) is 10.6 Å². The Kier molecular flexibility index (Phi) is 2.21. The van der Waals surface area contributed by atoms with Crippen LogP contribution in [0.3, 0.4) is 0 Å². The Morgan fingerprint density at radius 1 is 1.10 bits per heavy atom. The number of nitrogens with one attached hydrogen (secondary N) is 1. The highest BCUT2D eigenvalue weighted by atomic mass is 16.6. The topological polar surface area (TPSA) is 58.9 Å². The molecule has 4 nitrogen and oxygen atoms in total. The number of hydrogen-bond acceptors (Lipinski definition) is 2. The van der Waals surface area contributed by atoms with Crippen molar-refractivity contribution >= 4 is 16.6 Å². The summed E-state index contributed by atoms with van der Waals surface area (Å²) in [5.41, 5.74) is 5.70. The molecule has 0 atom stereocenters. The fourth-order valence-corrected chi connectivity index (χ4v) is 3.08. The number of aryl methyl sites for hydroxylation is 2. The first kappa shape index (κ1) is 11.2. The van der Waals surface area contributed by atoms with Gasteiger partial charge >= 0.3 is 0 Å². The van der Waals surface area contributed by atoms with Crippen molar-refractivity contribution in [2.45, 2.75) is 12.8 Å². The highest BCUT2D eigenvalue weighted by Gasteiger charge is 2.22. The van der Waals surface area contributed by atoms with Crippen LogP contribution in [0.4, 0.5) is 5.69 Å². The molecule has 0 radical (unpaired) electrons. The number of aromatic nitrogens is 1. The van der Waals surface area contributed by atoms with E-state index in [4.69, 9.17) is 0 Å². The molecule has 1 aliphatic carbocycles. The fourth-order valence-electron chi connectivity index (χ4n) is 3.08. The van der Waals surface area contributed by atoms with Crippen LogP contribution >= 0.6 is 0 Å². The van der Waals surface area contributed by atoms with E-state index in [1.54, 1.807) is 12.1 Å². The quantitative estimate of drug-likeness (QED) is 0.536. The van der Waals surface area contributed by atoms with E-state index in [1.165, 1.54) is 16.5 Å². The highest BCUT2D eigenvalue weighted by molar-refractivity contribution is 5.92. The number of benzene rings is 2. The van der Waals surface area contributed by atoms with E-state index >= 15 is 0 Å². The Labute approximate surface area is 115 Å². The van der Waals surface area contributed by atoms with E-state index < -0.39 is 0 Å². The molecule has 98 valence electrons. The van der Waals surface area contributed by atoms with Gasteiger partial charge in [-0.25, -0.2) is 0 Å². The summed E-state index contributed by atoms with van der Waals surface area (Å²) in [7, 11) is 0. The van der Waals surface area contributed by atoms with Crippen LogP contribution in [0.15, 0.2) is 42.5 Å². The first-order chi connectivity index (χ1) is 9.74. The maximum Gasteiger partial charge on any atom is 0.270 e. The SMILES string of the molecule is O=[N+]([O-])c1ccc2c(c1)-c1[nH]c3ccccc3c1CC2. The van der Waals surface area contributed by atoms with Crippen LogP contribution in [0.2, 0.25) is 0 Å². The molecule has 20 heavy (non-hydrogen) atoms. The van der Waals surface area contributed by atoms with Gasteiger partial charge in [0.15, 0.2) is 0 Å². The number of rotatable bonds is 1. The molecule has 1 aliphatic rings. The lowest BCUT2D eigenvalue weighted by Crippen LogP contribution is -2.03. The molecular formula is C16H12N2O2. The summed E-state index contributed by atoms with van der Waals surface area (Å²) in [5.74, 6) is 0. The van der Waals surface area contributed by atoms with Crippen molar-refractivity contribution in [2.24, 2.45) is 0 Å². The van der Waals surface area contributed by atoms with Gasteiger partial charge < -0.3 is 4.98 Å². The minimum atomic E-state index is -0.336. The summed E-state index contributed by atoms with van der Waals surface area (Å²) in [4.78, 5) is 14.0. The predicted octanol–water partition coefficient (Wildman–Crippen LogP) is 3.84. The van der Waals surface area contributed by atoms with Gasteiger partial charge in [-0.3, -0.25) is 10.1 Å². The molecule has 4 heteroatoms. The lowest BCUT2D eigenvalue weighted by Gasteiger charge is -2.16. The molecule has 1 aromatic heterocycles. The van der Waals surface area contributed by atoms with Crippen molar-refractivity contribution in [3.63, 3.8) is 0 Å². The van der Waals surface area contributed by atoms with Gasteiger partial charge in [-0.1, -0.05) is 24.3 Å². The third kappa shape index (κ3) is 1.48. The second-order valence-electron chi connectivity index (χ2n) is 5.12. The number of fused-ring (bicyclic) bond motifs is 5. The molecule has 0 saturated heterocycles. The summed E-state index contributed by atoms with van der Waals surface area (Å²) in [6, 6.07) is 13.3. The molecule has 0 saturated carbocycles. The van der Waals surface area contributed by atoms with Crippen molar-refractivity contribution in [3.05, 3.63) is 63.7 Å². The van der Waals surface area contributed by atoms with E-state index in [9.17, 15) is 10.1 Å². The van der Waals surface area contributed by atoms with Crippen LogP contribution in [0, 0.1) is 10.1 Å². The van der Waals surface area contributed by atoms with Crippen LogP contribution in [0.1, 0.15) is 11.1 Å². The van der Waals surface area contributed by atoms with Crippen molar-refractivity contribution in [3.8, 4) is 11.3 Å². The third-order valence-corrected chi connectivity index (χ3v) is 4.03. The van der Waals surface area contributed by atoms with Crippen molar-refractivity contribution in [1.29, 1.82) is 0 Å². The molecule has 0 amide bonds. The Bertz CT molecular complexity index is 849. The van der Waals surface area contributed by atoms with Crippen molar-refractivity contribution in [2.75, 3.05) is 0 Å². The van der Waals surface area contributed by atoms with Gasteiger partial charge in [0.1, 0.15) is 0 Å². The zero-order valence-electron chi connectivity index (χ0n) is 10.7. The molecule has 0 unspecified atom stereocenters. The number of aromatic amines is 1. The van der Waals surface area contributed by atoms with Gasteiger partial charge in [0.25, 0.3) is 5.69 Å². The lowest BCUT2D eigenvalue weighted by molar-refractivity contribution is -0.384. The van der Waals surface area contributed by atoms with Crippen LogP contribution < -0.4 is 0 Å². The summed E-state index contributed by atoms with van der Waals surface area (Å²) >= 11 is 0. The maximum atomic E-state index is 11.0. The Morgan fingerprint density at radius 3 is 2.80 bits per heavy atom. The average molecular weight is 264 g/mol. The minimum absolute atomic E-state index is 0.148. The third-order valence-electron chi connectivity index (χ3n) is 4.03. The summed E-state index contributed by atoms with van der Waals surface area (Å²) < 4.78 is 0. The molecule has 2 aromatic carbocycles. The highest BCUT2D eigenvalue weighted by Crippen LogP contribution is 2.38. The summed E-state index contributed by atoms with van der Waals surface area (Å²) in [6.07, 6.45) is 1.91. The molecule has 0 fully saturated rings. The average Bonchev–Trinajstić information content (AvgIpc) is 2.85. The van der Waals surface area contributed by atoms with Crippen molar-refractivity contribution in [1.82, 2.24) is 4.98 Å². The van der Waals surface area contributed by atoms with Gasteiger partial charge in [-0.15, -0.1) is 0 Å². The molecule has 3 aromatic rings. The predicted molar refractivity (Wildman–Crippen MR) is 77.8 cm³/mol. The number of para-hydroxylation sites is 1. The van der Waals surface area contributed by atoms with Crippen LogP contribution in [0.25, 0.3) is 22.2 Å². The number of nitro benzene ring substituents is 1. The normalized spacial score (nSPS) is 13.0. The Hall–Kier alpha value is -2.62. The van der Waals surface area contributed by atoms with Crippen LogP contribution in [0.5, 0.6) is 0 Å². The minimum Gasteiger partial charge on any atom is -0.354 e. The van der Waals surface area contributed by atoms with E-state index in [0.29, 0.717) is 0 Å². The summed E-state index contributed by atoms with van der Waals surface area (Å²) in [6.45, 7) is 0. The van der Waals surface area contributed by atoms with Crippen molar-refractivity contribution < 1.29 is 4.92 Å². The fraction of sp³-hybridized carbons (Fsp3) is 0.125. The van der Waals surface area contributed by atoms with E-state index in [2.05, 4.69) is 11.1 Å². The molecule has 1 N–H and O–H groups in total. The maximum absolute atomic E-state index is 11.0. The molecule has 1 heterocycles. The Morgan fingerprint density at radius 2 is 1.95 bits per heavy atom. The van der Waals surface area contributed by atoms with Gasteiger partial charge in [-0.2, -0.15) is 0 Å². The second-order valence-corrected chi connectivity index (χ2v) is 5.12. The number of hydrogen-bond donors (Lipinski definition) is 1. The van der Waals surface area contributed by atoms with E-state index in [-0.39, 0.29) is 10.6 Å². The van der Waals surface area contributed by atoms with E-state index in [0.717, 1.165) is 29.6 Å². The monoisotopic (exact) mass is 264 g/mol. The zero-order chi connectivity index (χ0) is 13.7. The number of nitro groups is 1. The molecule has 4 rings (SSSR count). The number of nitrogens with zero attached hydrogens (tertiary/aromatic N) is 1. The smallest absolute Gasteiger partial charge is 0.270 e.